The molecule has 156 valence electrons. The van der Waals surface area contributed by atoms with Crippen LogP contribution >= 0.6 is 0 Å². The number of carbonyl (C=O) groups excluding carboxylic acids is 1. The van der Waals surface area contributed by atoms with Gasteiger partial charge in [-0.1, -0.05) is 42.5 Å². The predicted molar refractivity (Wildman–Crippen MR) is 114 cm³/mol. The number of rotatable bonds is 5. The quantitative estimate of drug-likeness (QED) is 0.327. The highest BCUT2D eigenvalue weighted by Crippen LogP contribution is 2.45. The van der Waals surface area contributed by atoms with Crippen molar-refractivity contribution < 1.29 is 29.6 Å². The van der Waals surface area contributed by atoms with Crippen molar-refractivity contribution in [2.24, 2.45) is 0 Å². The average Bonchev–Trinajstić information content (AvgIpc) is 2.74. The number of carboxylic acids is 1. The van der Waals surface area contributed by atoms with Crippen molar-refractivity contribution in [2.75, 3.05) is 0 Å². The van der Waals surface area contributed by atoms with Gasteiger partial charge in [0.2, 0.25) is 0 Å². The molecule has 1 heterocycles. The highest BCUT2D eigenvalue weighted by atomic mass is 16.5. The van der Waals surface area contributed by atoms with E-state index in [1.165, 1.54) is 24.3 Å². The number of aromatic hydroxyl groups is 2. The lowest BCUT2D eigenvalue weighted by Gasteiger charge is -2.32. The molecule has 31 heavy (non-hydrogen) atoms. The van der Waals surface area contributed by atoms with E-state index in [1.807, 2.05) is 24.3 Å². The third-order valence-electron chi connectivity index (χ3n) is 5.37. The first kappa shape index (κ1) is 20.2. The fraction of sp³-hybridized carbons (Fsp3) is 0.120. The van der Waals surface area contributed by atoms with Crippen LogP contribution in [0.25, 0.3) is 6.08 Å². The molecule has 1 aliphatic rings. The Kier molecular flexibility index (Phi) is 5.45. The number of hydrogen-bond donors (Lipinski definition) is 3. The first-order chi connectivity index (χ1) is 14.9. The molecule has 0 aromatic heterocycles. The van der Waals surface area contributed by atoms with Gasteiger partial charge < -0.3 is 20.1 Å². The maximum atomic E-state index is 12.9. The van der Waals surface area contributed by atoms with Crippen molar-refractivity contribution in [3.63, 3.8) is 0 Å². The predicted octanol–water partition coefficient (Wildman–Crippen LogP) is 4.22. The number of ether oxygens (including phenoxy) is 1. The first-order valence-corrected chi connectivity index (χ1v) is 9.74. The Bertz CT molecular complexity index is 1150. The summed E-state index contributed by atoms with van der Waals surface area (Å²) in [7, 11) is 0. The van der Waals surface area contributed by atoms with Gasteiger partial charge in [0.25, 0.3) is 0 Å². The number of phenolic OH excluding ortho intramolecular Hbond substituents is 2. The molecular formula is C25H20O6. The average molecular weight is 416 g/mol. The molecule has 3 aromatic carbocycles. The third-order valence-corrected chi connectivity index (χ3v) is 5.37. The summed E-state index contributed by atoms with van der Waals surface area (Å²) in [5, 5.41) is 28.2. The summed E-state index contributed by atoms with van der Waals surface area (Å²) in [6.45, 7) is 0. The molecule has 0 radical (unpaired) electrons. The van der Waals surface area contributed by atoms with Gasteiger partial charge in [-0.3, -0.25) is 4.79 Å². The smallest absolute Gasteiger partial charge is 0.328 e. The van der Waals surface area contributed by atoms with Crippen LogP contribution in [0.3, 0.4) is 0 Å². The van der Waals surface area contributed by atoms with E-state index >= 15 is 0 Å². The fourth-order valence-corrected chi connectivity index (χ4v) is 3.90. The van der Waals surface area contributed by atoms with Gasteiger partial charge in [0.05, 0.1) is 5.92 Å². The zero-order chi connectivity index (χ0) is 22.0. The summed E-state index contributed by atoms with van der Waals surface area (Å²) in [6.07, 6.45) is 3.12. The Morgan fingerprint density at radius 3 is 2.29 bits per heavy atom. The molecule has 0 saturated carbocycles. The van der Waals surface area contributed by atoms with Crippen LogP contribution in [0.1, 0.15) is 34.1 Å². The molecular weight excluding hydrogens is 396 g/mol. The van der Waals surface area contributed by atoms with Crippen LogP contribution < -0.4 is 4.74 Å². The van der Waals surface area contributed by atoms with E-state index in [0.29, 0.717) is 12.2 Å². The molecule has 0 amide bonds. The first-order valence-electron chi connectivity index (χ1n) is 9.74. The van der Waals surface area contributed by atoms with Gasteiger partial charge >= 0.3 is 11.9 Å². The standard InChI is InChI=1S/C25H20O6/c26-18-8-6-17(7-9-18)24-21(20-11-10-19(27)14-22(20)31-25(24)30)13-16-3-1-15(2-4-16)5-12-23(28)29/h1-12,14,21,24,26-27H,13H2,(H,28,29)/b12-5+. The van der Waals surface area contributed by atoms with Gasteiger partial charge in [0, 0.05) is 18.1 Å². The van der Waals surface area contributed by atoms with Crippen molar-refractivity contribution in [3.8, 4) is 17.2 Å². The van der Waals surface area contributed by atoms with Crippen LogP contribution in [0.2, 0.25) is 0 Å². The lowest BCUT2D eigenvalue weighted by molar-refractivity contribution is -0.138. The summed E-state index contributed by atoms with van der Waals surface area (Å²) in [5.41, 5.74) is 3.27. The maximum Gasteiger partial charge on any atom is 0.328 e. The second kappa shape index (κ2) is 8.36. The van der Waals surface area contributed by atoms with Crippen LogP contribution in [0.4, 0.5) is 0 Å². The summed E-state index contributed by atoms with van der Waals surface area (Å²) in [5.74, 6) is -1.80. The zero-order valence-corrected chi connectivity index (χ0v) is 16.4. The van der Waals surface area contributed by atoms with Crippen LogP contribution in [-0.2, 0) is 16.0 Å². The summed E-state index contributed by atoms with van der Waals surface area (Å²) >= 11 is 0. The number of carbonyl (C=O) groups is 2. The van der Waals surface area contributed by atoms with E-state index < -0.39 is 17.9 Å². The molecule has 0 fully saturated rings. The summed E-state index contributed by atoms with van der Waals surface area (Å²) < 4.78 is 5.53. The Morgan fingerprint density at radius 2 is 1.61 bits per heavy atom. The Labute approximate surface area is 178 Å². The van der Waals surface area contributed by atoms with E-state index in [9.17, 15) is 19.8 Å². The van der Waals surface area contributed by atoms with E-state index in [1.54, 1.807) is 24.3 Å². The SMILES string of the molecule is O=C(O)/C=C/c1ccc(CC2c3ccc(O)cc3OC(=O)C2c2ccc(O)cc2)cc1. The molecule has 1 aliphatic heterocycles. The van der Waals surface area contributed by atoms with Crippen LogP contribution in [0.5, 0.6) is 17.2 Å². The van der Waals surface area contributed by atoms with Crippen molar-refractivity contribution >= 4 is 18.0 Å². The van der Waals surface area contributed by atoms with E-state index in [0.717, 1.165) is 28.3 Å². The highest BCUT2D eigenvalue weighted by molar-refractivity contribution is 5.85. The molecule has 2 unspecified atom stereocenters. The lowest BCUT2D eigenvalue weighted by Crippen LogP contribution is -2.31. The molecule has 2 atom stereocenters. The highest BCUT2D eigenvalue weighted by Gasteiger charge is 2.39. The molecule has 6 heteroatoms. The van der Waals surface area contributed by atoms with Crippen LogP contribution in [0.15, 0.2) is 72.8 Å². The van der Waals surface area contributed by atoms with Crippen LogP contribution in [-0.4, -0.2) is 27.3 Å². The molecule has 0 saturated heterocycles. The Morgan fingerprint density at radius 1 is 0.935 bits per heavy atom. The zero-order valence-electron chi connectivity index (χ0n) is 16.4. The Hall–Kier alpha value is -4.06. The van der Waals surface area contributed by atoms with Crippen LogP contribution in [0, 0.1) is 0 Å². The van der Waals surface area contributed by atoms with Gasteiger partial charge in [0.15, 0.2) is 0 Å². The maximum absolute atomic E-state index is 12.9. The topological polar surface area (TPSA) is 104 Å². The number of carboxylic acid groups (broad SMARTS) is 1. The third kappa shape index (κ3) is 4.43. The van der Waals surface area contributed by atoms with Gasteiger partial charge in [0.1, 0.15) is 17.2 Å². The summed E-state index contributed by atoms with van der Waals surface area (Å²) in [4.78, 5) is 23.6. The van der Waals surface area contributed by atoms with Gasteiger partial charge in [-0.15, -0.1) is 0 Å². The van der Waals surface area contributed by atoms with Gasteiger partial charge in [-0.25, -0.2) is 4.79 Å². The minimum absolute atomic E-state index is 0.0166. The number of fused-ring (bicyclic) bond motifs is 1. The minimum Gasteiger partial charge on any atom is -0.508 e. The number of benzene rings is 3. The van der Waals surface area contributed by atoms with Gasteiger partial charge in [-0.2, -0.15) is 0 Å². The van der Waals surface area contributed by atoms with Crippen molar-refractivity contribution in [2.45, 2.75) is 18.3 Å². The number of aliphatic carboxylic acids is 1. The van der Waals surface area contributed by atoms with Crippen molar-refractivity contribution in [1.29, 1.82) is 0 Å². The molecule has 3 aromatic rings. The second-order valence-electron chi connectivity index (χ2n) is 7.44. The largest absolute Gasteiger partial charge is 0.508 e. The number of hydrogen-bond acceptors (Lipinski definition) is 5. The molecule has 0 spiro atoms. The van der Waals surface area contributed by atoms with Gasteiger partial charge in [-0.05, 0) is 52.9 Å². The van der Waals surface area contributed by atoms with E-state index in [2.05, 4.69) is 0 Å². The molecule has 0 aliphatic carbocycles. The fourth-order valence-electron chi connectivity index (χ4n) is 3.90. The molecule has 3 N–H and O–H groups in total. The number of esters is 1. The lowest BCUT2D eigenvalue weighted by atomic mass is 9.76. The second-order valence-corrected chi connectivity index (χ2v) is 7.44. The molecule has 0 bridgehead atoms. The molecule has 4 rings (SSSR count). The minimum atomic E-state index is -1.01. The molecule has 6 nitrogen and oxygen atoms in total. The van der Waals surface area contributed by atoms with E-state index in [-0.39, 0.29) is 17.4 Å². The van der Waals surface area contributed by atoms with Crippen molar-refractivity contribution in [3.05, 3.63) is 95.1 Å². The monoisotopic (exact) mass is 416 g/mol. The number of phenols is 2. The summed E-state index contributed by atoms with van der Waals surface area (Å²) in [6, 6.07) is 18.7. The van der Waals surface area contributed by atoms with Crippen molar-refractivity contribution in [1.82, 2.24) is 0 Å². The van der Waals surface area contributed by atoms with E-state index in [4.69, 9.17) is 9.84 Å². The normalized spacial score (nSPS) is 17.9. The Balaban J connectivity index is 1.71.